The van der Waals surface area contributed by atoms with Gasteiger partial charge in [-0.05, 0) is 62.1 Å². The Morgan fingerprint density at radius 2 is 1.24 bits per heavy atom. The first kappa shape index (κ1) is 26.9. The van der Waals surface area contributed by atoms with E-state index in [0.717, 1.165) is 19.0 Å². The van der Waals surface area contributed by atoms with Gasteiger partial charge < -0.3 is 17.0 Å². The Morgan fingerprint density at radius 1 is 0.788 bits per heavy atom. The Kier molecular flexibility index (Phi) is 11.4. The van der Waals surface area contributed by atoms with E-state index >= 15 is 0 Å². The lowest BCUT2D eigenvalue weighted by molar-refractivity contribution is -0.00000653. The van der Waals surface area contributed by atoms with Crippen LogP contribution in [-0.4, -0.2) is 6.16 Å². The maximum absolute atomic E-state index is 3.65. The highest BCUT2D eigenvalue weighted by Gasteiger charge is 2.44. The fourth-order valence-electron chi connectivity index (χ4n) is 3.88. The third-order valence-corrected chi connectivity index (χ3v) is 9.81. The van der Waals surface area contributed by atoms with E-state index in [2.05, 4.69) is 142 Å². The van der Waals surface area contributed by atoms with Crippen molar-refractivity contribution in [3.05, 3.63) is 115 Å². The smallest absolute Gasteiger partial charge is 0.134 e. The van der Waals surface area contributed by atoms with Gasteiger partial charge in [0.05, 0.1) is 0 Å². The summed E-state index contributed by atoms with van der Waals surface area (Å²) in [4.78, 5) is 0. The number of hydrogen-bond donors (Lipinski definition) is 0. The molecule has 3 aromatic carbocycles. The summed E-state index contributed by atoms with van der Waals surface area (Å²) >= 11 is 0. The van der Waals surface area contributed by atoms with Gasteiger partial charge in [-0.3, -0.25) is 0 Å². The van der Waals surface area contributed by atoms with Gasteiger partial charge in [-0.25, -0.2) is 0 Å². The first-order chi connectivity index (χ1) is 15.7. The van der Waals surface area contributed by atoms with Gasteiger partial charge in [-0.15, -0.1) is 0 Å². The summed E-state index contributed by atoms with van der Waals surface area (Å²) in [5.74, 6) is 7.89. The number of allylic oxidation sites excluding steroid dienone is 4. The van der Waals surface area contributed by atoms with Crippen LogP contribution in [0.1, 0.15) is 33.6 Å². The van der Waals surface area contributed by atoms with Crippen LogP contribution >= 0.6 is 7.26 Å². The van der Waals surface area contributed by atoms with Crippen molar-refractivity contribution in [2.24, 2.45) is 5.92 Å². The van der Waals surface area contributed by atoms with E-state index in [-0.39, 0.29) is 17.0 Å². The van der Waals surface area contributed by atoms with Crippen LogP contribution < -0.4 is 32.9 Å². The number of hydrogen-bond acceptors (Lipinski definition) is 0. The predicted octanol–water partition coefficient (Wildman–Crippen LogP) is 3.93. The van der Waals surface area contributed by atoms with Crippen molar-refractivity contribution in [3.8, 4) is 11.8 Å². The first-order valence-electron chi connectivity index (χ1n) is 11.5. The molecule has 2 heteroatoms. The van der Waals surface area contributed by atoms with Crippen molar-refractivity contribution < 1.29 is 17.0 Å². The highest BCUT2D eigenvalue weighted by atomic mass is 79.9. The second-order valence-electron chi connectivity index (χ2n) is 8.43. The third kappa shape index (κ3) is 7.30. The van der Waals surface area contributed by atoms with E-state index in [1.165, 1.54) is 21.5 Å². The molecule has 0 unspecified atom stereocenters. The predicted molar refractivity (Wildman–Crippen MR) is 145 cm³/mol. The molecule has 3 rings (SSSR count). The average molecular weight is 517 g/mol. The summed E-state index contributed by atoms with van der Waals surface area (Å²) in [5.41, 5.74) is 1.23. The van der Waals surface area contributed by atoms with Crippen molar-refractivity contribution in [1.82, 2.24) is 0 Å². The van der Waals surface area contributed by atoms with Gasteiger partial charge in [0, 0.05) is 5.57 Å². The monoisotopic (exact) mass is 516 g/mol. The highest BCUT2D eigenvalue weighted by Crippen LogP contribution is 2.54. The van der Waals surface area contributed by atoms with Crippen molar-refractivity contribution in [3.63, 3.8) is 0 Å². The lowest BCUT2D eigenvalue weighted by Crippen LogP contribution is -3.00. The van der Waals surface area contributed by atoms with Crippen molar-refractivity contribution in [1.29, 1.82) is 0 Å². The second-order valence-corrected chi connectivity index (χ2v) is 11.9. The Labute approximate surface area is 212 Å². The summed E-state index contributed by atoms with van der Waals surface area (Å²) < 4.78 is 0. The van der Waals surface area contributed by atoms with Gasteiger partial charge in [-0.1, -0.05) is 98.5 Å². The van der Waals surface area contributed by atoms with Crippen LogP contribution in [0.5, 0.6) is 0 Å². The molecule has 0 radical (unpaired) electrons. The van der Waals surface area contributed by atoms with Gasteiger partial charge in [0.25, 0.3) is 0 Å². The Balaban J connectivity index is 0.00000385. The molecular formula is C31H34BrP. The molecule has 0 bridgehead atoms. The molecule has 0 atom stereocenters. The van der Waals surface area contributed by atoms with Gasteiger partial charge >= 0.3 is 0 Å². The van der Waals surface area contributed by atoms with Crippen LogP contribution in [0.15, 0.2) is 115 Å². The first-order valence-corrected chi connectivity index (χ1v) is 13.5. The lowest BCUT2D eigenvalue weighted by Gasteiger charge is -2.25. The van der Waals surface area contributed by atoms with Crippen molar-refractivity contribution in [2.75, 3.05) is 6.16 Å². The molecule has 0 aliphatic carbocycles. The van der Waals surface area contributed by atoms with E-state index in [9.17, 15) is 0 Å². The minimum absolute atomic E-state index is 0. The molecular weight excluding hydrogens is 483 g/mol. The Bertz CT molecular complexity index is 975. The van der Waals surface area contributed by atoms with Crippen molar-refractivity contribution >= 4 is 23.2 Å². The van der Waals surface area contributed by atoms with E-state index < -0.39 is 7.26 Å². The molecule has 3 aromatic rings. The largest absolute Gasteiger partial charge is 1.00 e. The molecule has 0 N–H and O–H groups in total. The lowest BCUT2D eigenvalue weighted by atomic mass is 10.0. The molecule has 0 amide bonds. The normalized spacial score (nSPS) is 11.7. The van der Waals surface area contributed by atoms with Crippen LogP contribution in [0, 0.1) is 17.8 Å². The van der Waals surface area contributed by atoms with E-state index in [1.807, 2.05) is 0 Å². The summed E-state index contributed by atoms with van der Waals surface area (Å²) in [6.45, 7) is 6.61. The summed E-state index contributed by atoms with van der Waals surface area (Å²) in [7, 11) is -1.89. The SMILES string of the molecule is C/C=C/C=C(\C#CC[P+](c1ccccc1)(c1ccccc1)c1ccccc1)CCC(C)C.[Br-]. The second kappa shape index (κ2) is 14.0. The Morgan fingerprint density at radius 3 is 1.64 bits per heavy atom. The quantitative estimate of drug-likeness (QED) is 0.242. The van der Waals surface area contributed by atoms with Crippen LogP contribution in [0.25, 0.3) is 0 Å². The maximum atomic E-state index is 3.65. The number of halogens is 1. The minimum atomic E-state index is -1.89. The topological polar surface area (TPSA) is 0 Å². The van der Waals surface area contributed by atoms with Crippen LogP contribution in [-0.2, 0) is 0 Å². The van der Waals surface area contributed by atoms with Crippen LogP contribution in [0.3, 0.4) is 0 Å². The average Bonchev–Trinajstić information content (AvgIpc) is 2.84. The van der Waals surface area contributed by atoms with Gasteiger partial charge in [0.15, 0.2) is 0 Å². The number of rotatable bonds is 8. The van der Waals surface area contributed by atoms with Gasteiger partial charge in [0.1, 0.15) is 29.3 Å². The van der Waals surface area contributed by atoms with Gasteiger partial charge in [-0.2, -0.15) is 0 Å². The molecule has 0 aliphatic heterocycles. The molecule has 0 nitrogen and oxygen atoms in total. The minimum Gasteiger partial charge on any atom is -1.00 e. The fourth-order valence-corrected chi connectivity index (χ4v) is 7.69. The molecule has 0 aromatic heterocycles. The molecule has 0 heterocycles. The molecule has 0 saturated carbocycles. The maximum Gasteiger partial charge on any atom is 0.134 e. The zero-order chi connectivity index (χ0) is 22.7. The standard InChI is InChI=1S/C31H34P.BrH/c1-4-5-16-28(25-24-27(2)3)17-15-26-32(29-18-9-6-10-19-29,30-20-11-7-12-21-30)31-22-13-8-14-23-31;/h4-14,16,18-23,27H,24-26H2,1-3H3;1H/q+1;/p-1/b5-4+,28-16+;. The molecule has 0 fully saturated rings. The Hall–Kier alpha value is -2.39. The summed E-state index contributed by atoms with van der Waals surface area (Å²) in [6.07, 6.45) is 9.39. The summed E-state index contributed by atoms with van der Waals surface area (Å²) in [6, 6.07) is 32.9. The van der Waals surface area contributed by atoms with E-state index in [0.29, 0.717) is 5.92 Å². The third-order valence-electron chi connectivity index (χ3n) is 5.64. The van der Waals surface area contributed by atoms with Crippen LogP contribution in [0.4, 0.5) is 0 Å². The highest BCUT2D eigenvalue weighted by molar-refractivity contribution is 7.95. The summed E-state index contributed by atoms with van der Waals surface area (Å²) in [5, 5.41) is 4.15. The number of benzene rings is 3. The van der Waals surface area contributed by atoms with Crippen LogP contribution in [0.2, 0.25) is 0 Å². The molecule has 0 aliphatic rings. The molecule has 0 saturated heterocycles. The molecule has 170 valence electrons. The van der Waals surface area contributed by atoms with E-state index in [4.69, 9.17) is 0 Å². The van der Waals surface area contributed by atoms with E-state index in [1.54, 1.807) is 0 Å². The molecule has 33 heavy (non-hydrogen) atoms. The van der Waals surface area contributed by atoms with Gasteiger partial charge in [0.2, 0.25) is 0 Å². The zero-order valence-electron chi connectivity index (χ0n) is 19.9. The zero-order valence-corrected chi connectivity index (χ0v) is 22.4. The van der Waals surface area contributed by atoms with Crippen molar-refractivity contribution in [2.45, 2.75) is 33.6 Å². The fraction of sp³-hybridized carbons (Fsp3) is 0.226. The molecule has 0 spiro atoms.